The van der Waals surface area contributed by atoms with Crippen molar-refractivity contribution in [2.45, 2.75) is 31.5 Å². The first-order chi connectivity index (χ1) is 16.5. The van der Waals surface area contributed by atoms with Crippen LogP contribution >= 0.6 is 23.1 Å². The molecule has 0 atom stereocenters. The highest BCUT2D eigenvalue weighted by molar-refractivity contribution is 7.99. The van der Waals surface area contributed by atoms with Gasteiger partial charge < -0.3 is 5.32 Å². The van der Waals surface area contributed by atoms with Crippen LogP contribution in [-0.4, -0.2) is 30.8 Å². The van der Waals surface area contributed by atoms with Crippen LogP contribution in [0, 0.1) is 0 Å². The van der Waals surface area contributed by atoms with Gasteiger partial charge in [0, 0.05) is 4.88 Å². The summed E-state index contributed by atoms with van der Waals surface area (Å²) in [6.45, 7) is 4.70. The minimum atomic E-state index is -0.145. The summed E-state index contributed by atoms with van der Waals surface area (Å²) in [5, 5.41) is 14.8. The summed E-state index contributed by atoms with van der Waals surface area (Å²) in [7, 11) is 0. The van der Waals surface area contributed by atoms with E-state index in [1.165, 1.54) is 11.8 Å². The molecule has 0 fully saturated rings. The maximum absolute atomic E-state index is 13.6. The molecule has 1 amide bonds. The molecule has 7 nitrogen and oxygen atoms in total. The number of nitrogens with zero attached hydrogens (tertiary/aromatic N) is 4. The van der Waals surface area contributed by atoms with E-state index in [2.05, 4.69) is 29.4 Å². The van der Waals surface area contributed by atoms with Gasteiger partial charge in [0.25, 0.3) is 5.56 Å². The first-order valence-corrected chi connectivity index (χ1v) is 12.8. The van der Waals surface area contributed by atoms with Crippen LogP contribution in [0.1, 0.15) is 30.2 Å². The van der Waals surface area contributed by atoms with Gasteiger partial charge in [-0.05, 0) is 41.1 Å². The van der Waals surface area contributed by atoms with Crippen LogP contribution in [-0.2, 0) is 11.3 Å². The molecule has 0 saturated heterocycles. The summed E-state index contributed by atoms with van der Waals surface area (Å²) in [6.07, 6.45) is 0. The fraction of sp³-hybridized carbons (Fsp3) is 0.200. The quantitative estimate of drug-likeness (QED) is 0.337. The fourth-order valence-electron chi connectivity index (χ4n) is 3.95. The fourth-order valence-corrected chi connectivity index (χ4v) is 5.36. The molecule has 0 spiro atoms. The Kier molecular flexibility index (Phi) is 6.21. The number of carbonyl (C=O) groups excluding carboxylic acids is 1. The van der Waals surface area contributed by atoms with Crippen molar-refractivity contribution in [1.82, 2.24) is 24.5 Å². The zero-order chi connectivity index (χ0) is 23.7. The van der Waals surface area contributed by atoms with Gasteiger partial charge in [-0.15, -0.1) is 21.5 Å². The van der Waals surface area contributed by atoms with Crippen LogP contribution in [0.15, 0.2) is 76.0 Å². The third-order valence-electron chi connectivity index (χ3n) is 5.57. The zero-order valence-electron chi connectivity index (χ0n) is 18.8. The van der Waals surface area contributed by atoms with Gasteiger partial charge in [0.1, 0.15) is 0 Å². The summed E-state index contributed by atoms with van der Waals surface area (Å²) < 4.78 is 3.50. The Hall–Kier alpha value is -3.43. The summed E-state index contributed by atoms with van der Waals surface area (Å²) in [5.41, 5.74) is 2.41. The third kappa shape index (κ3) is 4.12. The third-order valence-corrected chi connectivity index (χ3v) is 7.37. The van der Waals surface area contributed by atoms with Crippen molar-refractivity contribution < 1.29 is 4.79 Å². The molecule has 3 aromatic heterocycles. The molecule has 0 aliphatic rings. The maximum atomic E-state index is 13.6. The number of rotatable bonds is 7. The Labute approximate surface area is 204 Å². The number of amides is 1. The molecule has 0 radical (unpaired) electrons. The molecule has 0 unspecified atom stereocenters. The van der Waals surface area contributed by atoms with E-state index in [1.807, 2.05) is 70.4 Å². The van der Waals surface area contributed by atoms with Crippen LogP contribution in [0.5, 0.6) is 0 Å². The molecule has 5 rings (SSSR count). The number of hydrogen-bond donors (Lipinski definition) is 1. The van der Waals surface area contributed by atoms with Gasteiger partial charge in [-0.25, -0.2) is 4.57 Å². The highest BCUT2D eigenvalue weighted by atomic mass is 32.2. The second-order valence-electron chi connectivity index (χ2n) is 8.13. The number of benzene rings is 2. The normalized spacial score (nSPS) is 11.5. The van der Waals surface area contributed by atoms with Crippen molar-refractivity contribution >= 4 is 45.7 Å². The largest absolute Gasteiger partial charge is 0.350 e. The molecule has 1 N–H and O–H groups in total. The highest BCUT2D eigenvalue weighted by Crippen LogP contribution is 2.27. The molecule has 34 heavy (non-hydrogen) atoms. The summed E-state index contributed by atoms with van der Waals surface area (Å²) in [6, 6.07) is 19.2. The van der Waals surface area contributed by atoms with Crippen molar-refractivity contribution in [3.8, 4) is 5.69 Å². The van der Waals surface area contributed by atoms with E-state index in [9.17, 15) is 9.59 Å². The molecule has 0 aliphatic heterocycles. The molecule has 9 heteroatoms. The average molecular weight is 490 g/mol. The van der Waals surface area contributed by atoms with Crippen molar-refractivity contribution in [2.75, 3.05) is 5.75 Å². The molecule has 0 saturated carbocycles. The van der Waals surface area contributed by atoms with Gasteiger partial charge in [-0.2, -0.15) is 0 Å². The number of aromatic nitrogens is 4. The monoisotopic (exact) mass is 489 g/mol. The number of para-hydroxylation sites is 2. The van der Waals surface area contributed by atoms with E-state index < -0.39 is 0 Å². The Morgan fingerprint density at radius 1 is 1.06 bits per heavy atom. The summed E-state index contributed by atoms with van der Waals surface area (Å²) in [5.74, 6) is 0.761. The predicted molar refractivity (Wildman–Crippen MR) is 137 cm³/mol. The van der Waals surface area contributed by atoms with Crippen LogP contribution < -0.4 is 10.9 Å². The van der Waals surface area contributed by atoms with Crippen molar-refractivity contribution in [3.63, 3.8) is 0 Å². The van der Waals surface area contributed by atoms with Crippen molar-refractivity contribution in [1.29, 1.82) is 0 Å². The number of nitrogens with one attached hydrogen (secondary N) is 1. The van der Waals surface area contributed by atoms with Crippen LogP contribution in [0.2, 0.25) is 0 Å². The Morgan fingerprint density at radius 3 is 2.65 bits per heavy atom. The van der Waals surface area contributed by atoms with E-state index in [-0.39, 0.29) is 23.1 Å². The van der Waals surface area contributed by atoms with Gasteiger partial charge in [0.05, 0.1) is 28.9 Å². The highest BCUT2D eigenvalue weighted by Gasteiger charge is 2.20. The van der Waals surface area contributed by atoms with Crippen LogP contribution in [0.4, 0.5) is 0 Å². The molecule has 0 bridgehead atoms. The van der Waals surface area contributed by atoms with Gasteiger partial charge in [0.15, 0.2) is 5.16 Å². The molecule has 2 aromatic carbocycles. The number of fused-ring (bicyclic) bond motifs is 3. The van der Waals surface area contributed by atoms with E-state index in [1.54, 1.807) is 15.9 Å². The maximum Gasteiger partial charge on any atom is 0.267 e. The minimum Gasteiger partial charge on any atom is -0.350 e. The number of thioether (sulfide) groups is 1. The molecule has 172 valence electrons. The van der Waals surface area contributed by atoms with Gasteiger partial charge in [-0.3, -0.25) is 14.0 Å². The standard InChI is InChI=1S/C25H23N5O2S2/c1-16(2)18-9-3-5-11-20(18)29-23(32)19-10-4-6-12-21(19)30-24(29)27-28-25(30)34-15-22(31)26-14-17-8-7-13-33-17/h3-13,16H,14-15H2,1-2H3,(H,26,31). The SMILES string of the molecule is CC(C)c1ccccc1-n1c(=O)c2ccccc2n2c(SCC(=O)NCc3cccs3)nnc12. The minimum absolute atomic E-state index is 0.0852. The van der Waals surface area contributed by atoms with Gasteiger partial charge >= 0.3 is 0 Å². The molecule has 3 heterocycles. The molecule has 5 aromatic rings. The van der Waals surface area contributed by atoms with Crippen molar-refractivity contribution in [3.05, 3.63) is 86.8 Å². The Bertz CT molecular complexity index is 1540. The smallest absolute Gasteiger partial charge is 0.267 e. The van der Waals surface area contributed by atoms with Crippen LogP contribution in [0.3, 0.4) is 0 Å². The number of carbonyl (C=O) groups is 1. The van der Waals surface area contributed by atoms with Gasteiger partial charge in [0.2, 0.25) is 11.7 Å². The molecular formula is C25H23N5O2S2. The Balaban J connectivity index is 1.57. The van der Waals surface area contributed by atoms with E-state index in [0.29, 0.717) is 28.4 Å². The Morgan fingerprint density at radius 2 is 1.85 bits per heavy atom. The molecular weight excluding hydrogens is 466 g/mol. The van der Waals surface area contributed by atoms with Crippen LogP contribution in [0.25, 0.3) is 22.4 Å². The summed E-state index contributed by atoms with van der Waals surface area (Å²) >= 11 is 2.91. The van der Waals surface area contributed by atoms with Crippen molar-refractivity contribution in [2.24, 2.45) is 0 Å². The second-order valence-corrected chi connectivity index (χ2v) is 10.1. The first kappa shape index (κ1) is 22.4. The predicted octanol–water partition coefficient (Wildman–Crippen LogP) is 4.63. The first-order valence-electron chi connectivity index (χ1n) is 10.9. The van der Waals surface area contributed by atoms with E-state index in [0.717, 1.165) is 16.1 Å². The second kappa shape index (κ2) is 9.44. The lowest BCUT2D eigenvalue weighted by molar-refractivity contribution is -0.118. The topological polar surface area (TPSA) is 81.3 Å². The lowest BCUT2D eigenvalue weighted by atomic mass is 10.0. The lowest BCUT2D eigenvalue weighted by Crippen LogP contribution is -2.24. The van der Waals surface area contributed by atoms with E-state index >= 15 is 0 Å². The van der Waals surface area contributed by atoms with Gasteiger partial charge in [-0.1, -0.05) is 62.0 Å². The lowest BCUT2D eigenvalue weighted by Gasteiger charge is -2.16. The average Bonchev–Trinajstić information content (AvgIpc) is 3.52. The number of thiophene rings is 1. The summed E-state index contributed by atoms with van der Waals surface area (Å²) in [4.78, 5) is 27.2. The zero-order valence-corrected chi connectivity index (χ0v) is 20.4. The molecule has 0 aliphatic carbocycles. The van der Waals surface area contributed by atoms with E-state index in [4.69, 9.17) is 0 Å². The number of hydrogen-bond acceptors (Lipinski definition) is 6.